The summed E-state index contributed by atoms with van der Waals surface area (Å²) in [6.45, 7) is 0.812. The predicted molar refractivity (Wildman–Crippen MR) is 65.3 cm³/mol. The maximum absolute atomic E-state index is 11.8. The van der Waals surface area contributed by atoms with Gasteiger partial charge < -0.3 is 9.80 Å². The Morgan fingerprint density at radius 2 is 2.29 bits per heavy atom. The van der Waals surface area contributed by atoms with Crippen LogP contribution in [0.4, 0.5) is 0 Å². The average molecular weight is 236 g/mol. The van der Waals surface area contributed by atoms with E-state index in [0.717, 1.165) is 19.4 Å². The molecule has 1 fully saturated rings. The first-order valence-electron chi connectivity index (χ1n) is 6.26. The van der Waals surface area contributed by atoms with E-state index in [1.165, 1.54) is 0 Å². The zero-order valence-electron chi connectivity index (χ0n) is 10.6. The summed E-state index contributed by atoms with van der Waals surface area (Å²) in [5.41, 5.74) is 0. The molecule has 0 unspecified atom stereocenters. The van der Waals surface area contributed by atoms with Crippen LogP contribution in [0.15, 0.2) is 12.2 Å². The van der Waals surface area contributed by atoms with Crippen LogP contribution >= 0.6 is 0 Å². The summed E-state index contributed by atoms with van der Waals surface area (Å²) < 4.78 is 0. The number of fused-ring (bicyclic) bond motifs is 1. The Labute approximate surface area is 102 Å². The highest BCUT2D eigenvalue weighted by Gasteiger charge is 2.36. The fraction of sp³-hybridized carbons (Fsp3) is 0.692. The third-order valence-electron chi connectivity index (χ3n) is 3.70. The van der Waals surface area contributed by atoms with E-state index in [0.29, 0.717) is 12.8 Å². The van der Waals surface area contributed by atoms with Gasteiger partial charge in [0.05, 0.1) is 0 Å². The molecule has 0 saturated carbocycles. The van der Waals surface area contributed by atoms with E-state index < -0.39 is 0 Å². The standard InChI is InChI=1S/C13H20N2O2/c1-14(2)13(17)9-10-5-3-4-8-15-11(10)6-7-12(15)16/h3,5,10-11H,4,6-9H2,1-2H3/t10-,11+/m1/s1. The normalized spacial score (nSPS) is 27.9. The van der Waals surface area contributed by atoms with Gasteiger partial charge in [-0.25, -0.2) is 0 Å². The summed E-state index contributed by atoms with van der Waals surface area (Å²) in [4.78, 5) is 27.1. The van der Waals surface area contributed by atoms with Crippen LogP contribution in [-0.4, -0.2) is 48.3 Å². The molecule has 94 valence electrons. The van der Waals surface area contributed by atoms with Gasteiger partial charge in [0.1, 0.15) is 0 Å². The molecule has 0 aromatic heterocycles. The SMILES string of the molecule is CN(C)C(=O)C[C@H]1C=CCCN2C(=O)CC[C@@H]12. The Hall–Kier alpha value is -1.32. The second-order valence-corrected chi connectivity index (χ2v) is 5.07. The molecule has 0 spiro atoms. The highest BCUT2D eigenvalue weighted by molar-refractivity contribution is 5.80. The molecule has 2 heterocycles. The second-order valence-electron chi connectivity index (χ2n) is 5.07. The summed E-state index contributed by atoms with van der Waals surface area (Å²) in [6.07, 6.45) is 7.20. The lowest BCUT2D eigenvalue weighted by Gasteiger charge is -2.28. The van der Waals surface area contributed by atoms with E-state index in [4.69, 9.17) is 0 Å². The lowest BCUT2D eigenvalue weighted by molar-refractivity contribution is -0.132. The molecule has 2 aliphatic heterocycles. The molecular weight excluding hydrogens is 216 g/mol. The molecule has 0 aliphatic carbocycles. The van der Waals surface area contributed by atoms with Crippen LogP contribution in [0.25, 0.3) is 0 Å². The van der Waals surface area contributed by atoms with Crippen LogP contribution in [0, 0.1) is 5.92 Å². The van der Waals surface area contributed by atoms with E-state index in [2.05, 4.69) is 12.2 Å². The Balaban J connectivity index is 2.09. The molecule has 0 N–H and O–H groups in total. The fourth-order valence-electron chi connectivity index (χ4n) is 2.69. The van der Waals surface area contributed by atoms with Gasteiger partial charge in [0.15, 0.2) is 0 Å². The van der Waals surface area contributed by atoms with E-state index in [1.54, 1.807) is 19.0 Å². The molecule has 0 aromatic carbocycles. The van der Waals surface area contributed by atoms with E-state index in [9.17, 15) is 9.59 Å². The van der Waals surface area contributed by atoms with Gasteiger partial charge in [-0.1, -0.05) is 12.2 Å². The Morgan fingerprint density at radius 3 is 3.00 bits per heavy atom. The summed E-state index contributed by atoms with van der Waals surface area (Å²) >= 11 is 0. The number of rotatable bonds is 2. The molecule has 2 rings (SSSR count). The van der Waals surface area contributed by atoms with Crippen molar-refractivity contribution in [2.45, 2.75) is 31.7 Å². The molecule has 2 atom stereocenters. The minimum Gasteiger partial charge on any atom is -0.349 e. The smallest absolute Gasteiger partial charge is 0.222 e. The van der Waals surface area contributed by atoms with Gasteiger partial charge in [-0.15, -0.1) is 0 Å². The van der Waals surface area contributed by atoms with Gasteiger partial charge >= 0.3 is 0 Å². The lowest BCUT2D eigenvalue weighted by atomic mass is 9.93. The molecule has 2 amide bonds. The highest BCUT2D eigenvalue weighted by Crippen LogP contribution is 2.30. The monoisotopic (exact) mass is 236 g/mol. The van der Waals surface area contributed by atoms with Crippen molar-refractivity contribution >= 4 is 11.8 Å². The maximum Gasteiger partial charge on any atom is 0.222 e. The van der Waals surface area contributed by atoms with Crippen molar-refractivity contribution in [3.63, 3.8) is 0 Å². The molecule has 2 aliphatic rings. The van der Waals surface area contributed by atoms with Crippen molar-refractivity contribution in [3.8, 4) is 0 Å². The number of hydrogen-bond acceptors (Lipinski definition) is 2. The van der Waals surface area contributed by atoms with Gasteiger partial charge in [0.25, 0.3) is 0 Å². The number of hydrogen-bond donors (Lipinski definition) is 0. The maximum atomic E-state index is 11.8. The third kappa shape index (κ3) is 2.51. The second kappa shape index (κ2) is 4.90. The van der Waals surface area contributed by atoms with Crippen LogP contribution in [0.1, 0.15) is 25.7 Å². The van der Waals surface area contributed by atoms with Crippen LogP contribution in [0.2, 0.25) is 0 Å². The molecule has 17 heavy (non-hydrogen) atoms. The van der Waals surface area contributed by atoms with Crippen molar-refractivity contribution in [2.24, 2.45) is 5.92 Å². The van der Waals surface area contributed by atoms with Crippen molar-refractivity contribution in [2.75, 3.05) is 20.6 Å². The summed E-state index contributed by atoms with van der Waals surface area (Å²) in [5.74, 6) is 0.584. The molecule has 4 heteroatoms. The summed E-state index contributed by atoms with van der Waals surface area (Å²) in [5, 5.41) is 0. The molecular formula is C13H20N2O2. The van der Waals surface area contributed by atoms with E-state index >= 15 is 0 Å². The van der Waals surface area contributed by atoms with Gasteiger partial charge in [-0.05, 0) is 12.8 Å². The largest absolute Gasteiger partial charge is 0.349 e. The average Bonchev–Trinajstić information content (AvgIpc) is 2.53. The molecule has 0 bridgehead atoms. The van der Waals surface area contributed by atoms with Crippen LogP contribution in [0.3, 0.4) is 0 Å². The molecule has 0 aromatic rings. The topological polar surface area (TPSA) is 40.6 Å². The number of carbonyl (C=O) groups excluding carboxylic acids is 2. The first-order valence-corrected chi connectivity index (χ1v) is 6.26. The van der Waals surface area contributed by atoms with Crippen LogP contribution < -0.4 is 0 Å². The Morgan fingerprint density at radius 1 is 1.53 bits per heavy atom. The van der Waals surface area contributed by atoms with Crippen LogP contribution in [-0.2, 0) is 9.59 Å². The summed E-state index contributed by atoms with van der Waals surface area (Å²) in [6, 6.07) is 0.241. The minimum atomic E-state index is 0.140. The predicted octanol–water partition coefficient (Wildman–Crippen LogP) is 1.03. The first kappa shape index (κ1) is 12.1. The molecule has 0 radical (unpaired) electrons. The third-order valence-corrected chi connectivity index (χ3v) is 3.70. The van der Waals surface area contributed by atoms with Crippen LogP contribution in [0.5, 0.6) is 0 Å². The van der Waals surface area contributed by atoms with E-state index in [1.807, 2.05) is 4.90 Å². The minimum absolute atomic E-state index is 0.140. The number of carbonyl (C=O) groups is 2. The quantitative estimate of drug-likeness (QED) is 0.672. The van der Waals surface area contributed by atoms with Crippen molar-refractivity contribution in [3.05, 3.63) is 12.2 Å². The number of amides is 2. The number of nitrogens with zero attached hydrogens (tertiary/aromatic N) is 2. The van der Waals surface area contributed by atoms with Gasteiger partial charge in [-0.2, -0.15) is 0 Å². The van der Waals surface area contributed by atoms with Gasteiger partial charge in [0, 0.05) is 45.4 Å². The Bertz CT molecular complexity index is 349. The zero-order valence-corrected chi connectivity index (χ0v) is 10.6. The summed E-state index contributed by atoms with van der Waals surface area (Å²) in [7, 11) is 3.56. The Kier molecular flexibility index (Phi) is 3.50. The van der Waals surface area contributed by atoms with Crippen molar-refractivity contribution in [1.29, 1.82) is 0 Å². The zero-order chi connectivity index (χ0) is 12.4. The molecule has 1 saturated heterocycles. The first-order chi connectivity index (χ1) is 8.09. The highest BCUT2D eigenvalue weighted by atomic mass is 16.2. The molecule has 4 nitrogen and oxygen atoms in total. The van der Waals surface area contributed by atoms with Crippen molar-refractivity contribution in [1.82, 2.24) is 9.80 Å². The lowest BCUT2D eigenvalue weighted by Crippen LogP contribution is -2.38. The van der Waals surface area contributed by atoms with E-state index in [-0.39, 0.29) is 23.8 Å². The van der Waals surface area contributed by atoms with Gasteiger partial charge in [0.2, 0.25) is 11.8 Å². The van der Waals surface area contributed by atoms with Crippen molar-refractivity contribution < 1.29 is 9.59 Å². The van der Waals surface area contributed by atoms with Gasteiger partial charge in [-0.3, -0.25) is 9.59 Å². The fourth-order valence-corrected chi connectivity index (χ4v) is 2.69.